The average Bonchev–Trinajstić information content (AvgIpc) is 2.82. The van der Waals surface area contributed by atoms with E-state index in [-0.39, 0.29) is 11.3 Å². The third kappa shape index (κ3) is 3.17. The Kier molecular flexibility index (Phi) is 4.61. The van der Waals surface area contributed by atoms with Crippen LogP contribution in [0.1, 0.15) is 5.76 Å². The van der Waals surface area contributed by atoms with Crippen LogP contribution in [-0.4, -0.2) is 29.7 Å². The van der Waals surface area contributed by atoms with Crippen LogP contribution in [0.4, 0.5) is 5.88 Å². The predicted molar refractivity (Wildman–Crippen MR) is 61.1 cm³/mol. The van der Waals surface area contributed by atoms with Gasteiger partial charge in [0.05, 0.1) is 19.1 Å². The molecule has 1 aromatic rings. The summed E-state index contributed by atoms with van der Waals surface area (Å²) in [7, 11) is 1.10. The summed E-state index contributed by atoms with van der Waals surface area (Å²) in [6.07, 6.45) is 1.05. The molecule has 1 rings (SSSR count). The van der Waals surface area contributed by atoms with Gasteiger partial charge < -0.3 is 9.15 Å². The summed E-state index contributed by atoms with van der Waals surface area (Å²) in [6.45, 7) is 0. The largest absolute Gasteiger partial charge is 0.465 e. The monoisotopic (exact) mass is 273 g/mol. The van der Waals surface area contributed by atoms with E-state index in [1.165, 1.54) is 6.07 Å². The first-order valence-corrected chi connectivity index (χ1v) is 5.16. The van der Waals surface area contributed by atoms with E-state index in [0.717, 1.165) is 19.3 Å². The molecule has 0 atom stereocenters. The van der Waals surface area contributed by atoms with Crippen molar-refractivity contribution in [3.63, 3.8) is 0 Å². The molecule has 0 aromatic carbocycles. The summed E-state index contributed by atoms with van der Waals surface area (Å²) in [4.78, 5) is 32.3. The minimum Gasteiger partial charge on any atom is -0.465 e. The number of carbonyl (C=O) groups is 2. The Labute approximate surface area is 106 Å². The van der Waals surface area contributed by atoms with Crippen molar-refractivity contribution in [1.82, 2.24) is 0 Å². The molecule has 0 saturated heterocycles. The van der Waals surface area contributed by atoms with E-state index in [9.17, 15) is 19.7 Å². The van der Waals surface area contributed by atoms with Gasteiger partial charge in [-0.1, -0.05) is 0 Å². The van der Waals surface area contributed by atoms with Crippen molar-refractivity contribution in [2.75, 3.05) is 13.0 Å². The summed E-state index contributed by atoms with van der Waals surface area (Å²) < 4.78 is 9.19. The first-order valence-electron chi connectivity index (χ1n) is 4.63. The highest BCUT2D eigenvalue weighted by molar-refractivity contribution is 6.35. The molecule has 0 fully saturated rings. The zero-order valence-corrected chi connectivity index (χ0v) is 9.97. The number of hydrogen-bond acceptors (Lipinski definition) is 6. The molecular formula is C10H8ClNO6. The van der Waals surface area contributed by atoms with Gasteiger partial charge in [-0.05, 0) is 12.1 Å². The van der Waals surface area contributed by atoms with Gasteiger partial charge in [0.25, 0.3) is 0 Å². The second-order valence-corrected chi connectivity index (χ2v) is 3.31. The highest BCUT2D eigenvalue weighted by Gasteiger charge is 2.19. The first kappa shape index (κ1) is 13.9. The van der Waals surface area contributed by atoms with Crippen molar-refractivity contribution >= 4 is 35.3 Å². The number of nitrogens with zero attached hydrogens (tertiary/aromatic N) is 1. The lowest BCUT2D eigenvalue weighted by Crippen LogP contribution is -2.15. The Hall–Kier alpha value is -2.15. The highest BCUT2D eigenvalue weighted by Crippen LogP contribution is 2.18. The molecule has 0 radical (unpaired) electrons. The van der Waals surface area contributed by atoms with Gasteiger partial charge in [0.2, 0.25) is 0 Å². The molecular weight excluding hydrogens is 266 g/mol. The third-order valence-corrected chi connectivity index (χ3v) is 2.15. The fourth-order valence-electron chi connectivity index (χ4n) is 1.10. The number of furan rings is 1. The number of rotatable bonds is 5. The van der Waals surface area contributed by atoms with E-state index in [4.69, 9.17) is 16.0 Å². The molecule has 0 aliphatic heterocycles. The van der Waals surface area contributed by atoms with E-state index in [0.29, 0.717) is 0 Å². The molecule has 96 valence electrons. The van der Waals surface area contributed by atoms with Gasteiger partial charge in [-0.25, -0.2) is 4.79 Å². The predicted octanol–water partition coefficient (Wildman–Crippen LogP) is 1.55. The van der Waals surface area contributed by atoms with Crippen LogP contribution >= 0.6 is 11.6 Å². The van der Waals surface area contributed by atoms with Crippen LogP contribution in [0.2, 0.25) is 0 Å². The summed E-state index contributed by atoms with van der Waals surface area (Å²) >= 11 is 5.33. The summed E-state index contributed by atoms with van der Waals surface area (Å²) in [5.74, 6) is -2.48. The van der Waals surface area contributed by atoms with Crippen molar-refractivity contribution in [3.05, 3.63) is 33.6 Å². The van der Waals surface area contributed by atoms with E-state index in [2.05, 4.69) is 4.74 Å². The van der Waals surface area contributed by atoms with Gasteiger partial charge in [0.1, 0.15) is 16.3 Å². The number of ketones is 1. The molecule has 0 unspecified atom stereocenters. The summed E-state index contributed by atoms with van der Waals surface area (Å²) in [5.41, 5.74) is -0.336. The molecule has 0 N–H and O–H groups in total. The van der Waals surface area contributed by atoms with E-state index in [1.54, 1.807) is 0 Å². The molecule has 0 bridgehead atoms. The van der Waals surface area contributed by atoms with E-state index in [1.807, 2.05) is 0 Å². The number of carbonyl (C=O) groups excluding carboxylic acids is 2. The topological polar surface area (TPSA) is 99.7 Å². The number of hydrogen-bond donors (Lipinski definition) is 0. The lowest BCUT2D eigenvalue weighted by atomic mass is 10.1. The molecule has 8 heteroatoms. The van der Waals surface area contributed by atoms with Crippen LogP contribution in [0.15, 0.2) is 22.1 Å². The molecule has 0 spiro atoms. The lowest BCUT2D eigenvalue weighted by molar-refractivity contribution is -0.402. The second kappa shape index (κ2) is 5.97. The molecule has 0 amide bonds. The summed E-state index contributed by atoms with van der Waals surface area (Å²) in [6, 6.07) is 2.36. The molecule has 0 aliphatic carbocycles. The zero-order valence-electron chi connectivity index (χ0n) is 9.21. The zero-order chi connectivity index (χ0) is 13.7. The fourth-order valence-corrected chi connectivity index (χ4v) is 1.24. The Morgan fingerprint density at radius 2 is 2.22 bits per heavy atom. The fraction of sp³-hybridized carbons (Fsp3) is 0.200. The van der Waals surface area contributed by atoms with Crippen molar-refractivity contribution in [3.8, 4) is 0 Å². The lowest BCUT2D eigenvalue weighted by Gasteiger charge is -2.00. The van der Waals surface area contributed by atoms with Gasteiger partial charge in [0, 0.05) is 0 Å². The molecule has 0 aliphatic rings. The van der Waals surface area contributed by atoms with E-state index >= 15 is 0 Å². The molecule has 1 aromatic heterocycles. The number of halogens is 1. The Morgan fingerprint density at radius 1 is 1.56 bits per heavy atom. The van der Waals surface area contributed by atoms with Crippen molar-refractivity contribution in [1.29, 1.82) is 0 Å². The van der Waals surface area contributed by atoms with Crippen LogP contribution in [0, 0.1) is 10.1 Å². The number of esters is 1. The van der Waals surface area contributed by atoms with Gasteiger partial charge >= 0.3 is 11.9 Å². The van der Waals surface area contributed by atoms with Gasteiger partial charge in [-0.2, -0.15) is 0 Å². The van der Waals surface area contributed by atoms with E-state index < -0.39 is 28.4 Å². The van der Waals surface area contributed by atoms with Crippen LogP contribution in [-0.2, 0) is 14.3 Å². The third-order valence-electron chi connectivity index (χ3n) is 1.91. The number of ether oxygens (including phenoxy) is 1. The van der Waals surface area contributed by atoms with Crippen LogP contribution < -0.4 is 0 Å². The second-order valence-electron chi connectivity index (χ2n) is 3.04. The minimum absolute atomic E-state index is 0.0134. The van der Waals surface area contributed by atoms with Gasteiger partial charge in [0.15, 0.2) is 5.78 Å². The smallest absolute Gasteiger partial charge is 0.433 e. The Bertz CT molecular complexity index is 500. The molecule has 0 saturated carbocycles. The number of Topliss-reactive ketones (excluding diaryl/α,β-unsaturated/α-hetero) is 1. The maximum Gasteiger partial charge on any atom is 0.433 e. The van der Waals surface area contributed by atoms with Crippen LogP contribution in [0.3, 0.4) is 0 Å². The average molecular weight is 274 g/mol. The maximum atomic E-state index is 11.4. The van der Waals surface area contributed by atoms with Crippen molar-refractivity contribution in [2.45, 2.75) is 0 Å². The van der Waals surface area contributed by atoms with Crippen LogP contribution in [0.25, 0.3) is 6.08 Å². The van der Waals surface area contributed by atoms with Crippen molar-refractivity contribution in [2.24, 2.45) is 0 Å². The summed E-state index contributed by atoms with van der Waals surface area (Å²) in [5, 5.41) is 10.4. The first-order chi connectivity index (χ1) is 8.49. The maximum absolute atomic E-state index is 11.4. The van der Waals surface area contributed by atoms with Gasteiger partial charge in [-0.15, -0.1) is 11.6 Å². The quantitative estimate of drug-likeness (QED) is 0.153. The number of nitro groups is 1. The normalized spacial score (nSPS) is 11.1. The molecule has 18 heavy (non-hydrogen) atoms. The molecule has 1 heterocycles. The van der Waals surface area contributed by atoms with Crippen molar-refractivity contribution < 1.29 is 23.7 Å². The highest BCUT2D eigenvalue weighted by atomic mass is 35.5. The molecule has 7 nitrogen and oxygen atoms in total. The number of methoxy groups -OCH3 is 1. The Morgan fingerprint density at radius 3 is 2.67 bits per heavy atom. The van der Waals surface area contributed by atoms with Gasteiger partial charge in [-0.3, -0.25) is 14.9 Å². The van der Waals surface area contributed by atoms with Crippen LogP contribution in [0.5, 0.6) is 0 Å². The minimum atomic E-state index is -0.889. The standard InChI is InChI=1S/C10H8ClNO6/c1-17-10(14)7(8(13)5-11)4-6-2-3-9(18-6)12(15)16/h2-4H,5H2,1H3. The SMILES string of the molecule is COC(=O)C(=Cc1ccc([N+](=O)[O-])o1)C(=O)CCl. The Balaban J connectivity index is 3.10. The number of alkyl halides is 1.